The number of hydrogen-bond acceptors (Lipinski definition) is 2. The molecule has 1 aromatic rings. The van der Waals surface area contributed by atoms with Gasteiger partial charge in [-0.05, 0) is 59.7 Å². The van der Waals surface area contributed by atoms with Gasteiger partial charge in [0.2, 0.25) is 0 Å². The van der Waals surface area contributed by atoms with Crippen molar-refractivity contribution >= 4 is 40.3 Å². The van der Waals surface area contributed by atoms with E-state index in [1.165, 1.54) is 0 Å². The first-order valence-corrected chi connectivity index (χ1v) is 7.64. The predicted octanol–water partition coefficient (Wildman–Crippen LogP) is 3.06. The number of urea groups is 1. The Balaban J connectivity index is 1.88. The topological polar surface area (TPSA) is 78.4 Å². The van der Waals surface area contributed by atoms with Crippen LogP contribution in [0, 0.1) is 8.99 Å². The van der Waals surface area contributed by atoms with E-state index in [0.717, 1.165) is 16.4 Å². The number of rotatable bonds is 4. The third-order valence-electron chi connectivity index (χ3n) is 3.70. The molecule has 0 spiro atoms. The van der Waals surface area contributed by atoms with Crippen LogP contribution in [0.2, 0.25) is 0 Å². The van der Waals surface area contributed by atoms with Crippen LogP contribution in [0.25, 0.3) is 0 Å². The summed E-state index contributed by atoms with van der Waals surface area (Å²) >= 11 is 2.19. The van der Waals surface area contributed by atoms with E-state index in [2.05, 4.69) is 33.2 Å². The quantitative estimate of drug-likeness (QED) is 0.694. The van der Waals surface area contributed by atoms with Crippen molar-refractivity contribution in [2.45, 2.75) is 25.7 Å². The number of amides is 2. The van der Waals surface area contributed by atoms with Gasteiger partial charge >= 0.3 is 12.0 Å². The Morgan fingerprint density at radius 3 is 2.35 bits per heavy atom. The lowest BCUT2D eigenvalue weighted by molar-refractivity contribution is -0.148. The van der Waals surface area contributed by atoms with Crippen molar-refractivity contribution in [3.63, 3.8) is 0 Å². The molecule has 0 heterocycles. The Kier molecular flexibility index (Phi) is 4.85. The van der Waals surface area contributed by atoms with E-state index in [9.17, 15) is 14.7 Å². The van der Waals surface area contributed by atoms with E-state index in [4.69, 9.17) is 0 Å². The maximum atomic E-state index is 11.8. The monoisotopic (exact) mass is 388 g/mol. The van der Waals surface area contributed by atoms with E-state index in [0.29, 0.717) is 18.5 Å². The smallest absolute Gasteiger partial charge is 0.319 e. The molecule has 6 heteroatoms. The van der Waals surface area contributed by atoms with E-state index in [1.54, 1.807) is 0 Å². The molecule has 0 atom stereocenters. The molecule has 0 aliphatic heterocycles. The van der Waals surface area contributed by atoms with Crippen LogP contribution in [-0.2, 0) is 4.79 Å². The molecule has 1 aromatic carbocycles. The largest absolute Gasteiger partial charge is 0.481 e. The number of carboxylic acids is 1. The molecule has 0 saturated heterocycles. The summed E-state index contributed by atoms with van der Waals surface area (Å²) < 4.78 is 1.09. The summed E-state index contributed by atoms with van der Waals surface area (Å²) in [5, 5.41) is 14.7. The number of anilines is 1. The highest BCUT2D eigenvalue weighted by molar-refractivity contribution is 14.1. The molecule has 0 aromatic heterocycles. The molecular formula is C14H17IN2O3. The summed E-state index contributed by atoms with van der Waals surface area (Å²) in [6.07, 6.45) is 3.08. The lowest BCUT2D eigenvalue weighted by atomic mass is 9.86. The number of hydrogen-bond donors (Lipinski definition) is 3. The van der Waals surface area contributed by atoms with E-state index in [-0.39, 0.29) is 12.6 Å². The highest BCUT2D eigenvalue weighted by Crippen LogP contribution is 2.37. The minimum absolute atomic E-state index is 0.179. The second-order valence-corrected chi connectivity index (χ2v) is 6.35. The fourth-order valence-corrected chi connectivity index (χ4v) is 2.84. The molecule has 0 bridgehead atoms. The fourth-order valence-electron chi connectivity index (χ4n) is 2.48. The van der Waals surface area contributed by atoms with Gasteiger partial charge < -0.3 is 15.7 Å². The van der Waals surface area contributed by atoms with Crippen LogP contribution >= 0.6 is 22.6 Å². The van der Waals surface area contributed by atoms with Gasteiger partial charge in [0, 0.05) is 15.8 Å². The van der Waals surface area contributed by atoms with Gasteiger partial charge in [0.05, 0.1) is 5.41 Å². The van der Waals surface area contributed by atoms with Crippen molar-refractivity contribution in [2.75, 3.05) is 11.9 Å². The van der Waals surface area contributed by atoms with Crippen molar-refractivity contribution in [3.05, 3.63) is 27.8 Å². The first-order chi connectivity index (χ1) is 9.52. The molecule has 20 heavy (non-hydrogen) atoms. The molecule has 1 fully saturated rings. The Morgan fingerprint density at radius 1 is 1.20 bits per heavy atom. The molecule has 1 aliphatic rings. The number of aliphatic carboxylic acids is 1. The van der Waals surface area contributed by atoms with E-state index in [1.807, 2.05) is 24.3 Å². The number of nitrogens with one attached hydrogen (secondary N) is 2. The molecule has 3 N–H and O–H groups in total. The van der Waals surface area contributed by atoms with Crippen LogP contribution in [0.1, 0.15) is 25.7 Å². The highest BCUT2D eigenvalue weighted by atomic mass is 127. The van der Waals surface area contributed by atoms with Crippen molar-refractivity contribution in [2.24, 2.45) is 5.41 Å². The third-order valence-corrected chi connectivity index (χ3v) is 4.42. The Bertz CT molecular complexity index is 496. The first-order valence-electron chi connectivity index (χ1n) is 6.56. The zero-order chi connectivity index (χ0) is 14.6. The molecule has 1 aliphatic carbocycles. The van der Waals surface area contributed by atoms with Gasteiger partial charge in [-0.15, -0.1) is 0 Å². The molecule has 1 saturated carbocycles. The second kappa shape index (κ2) is 6.43. The minimum atomic E-state index is -0.815. The van der Waals surface area contributed by atoms with Crippen LogP contribution in [0.3, 0.4) is 0 Å². The van der Waals surface area contributed by atoms with E-state index >= 15 is 0 Å². The summed E-state index contributed by atoms with van der Waals surface area (Å²) in [6, 6.07) is 7.05. The average molecular weight is 388 g/mol. The van der Waals surface area contributed by atoms with Gasteiger partial charge in [-0.3, -0.25) is 4.79 Å². The van der Waals surface area contributed by atoms with Gasteiger partial charge in [-0.1, -0.05) is 12.8 Å². The summed E-state index contributed by atoms with van der Waals surface area (Å²) in [5.41, 5.74) is -0.0950. The number of benzene rings is 1. The SMILES string of the molecule is O=C(NCC1(C(=O)O)CCCC1)Nc1ccc(I)cc1. The standard InChI is InChI=1S/C14H17IN2O3/c15-10-3-5-11(6-4-10)17-13(20)16-9-14(12(18)19)7-1-2-8-14/h3-6H,1-2,7-9H2,(H,18,19)(H2,16,17,20). The van der Waals surface area contributed by atoms with Crippen LogP contribution in [0.15, 0.2) is 24.3 Å². The highest BCUT2D eigenvalue weighted by Gasteiger charge is 2.41. The van der Waals surface area contributed by atoms with Gasteiger partial charge in [0.1, 0.15) is 0 Å². The van der Waals surface area contributed by atoms with Gasteiger partial charge in [0.15, 0.2) is 0 Å². The van der Waals surface area contributed by atoms with Crippen LogP contribution in [-0.4, -0.2) is 23.7 Å². The first kappa shape index (κ1) is 15.1. The summed E-state index contributed by atoms with van der Waals surface area (Å²) in [7, 11) is 0. The van der Waals surface area contributed by atoms with Gasteiger partial charge in [-0.25, -0.2) is 4.79 Å². The zero-order valence-electron chi connectivity index (χ0n) is 11.0. The third kappa shape index (κ3) is 3.62. The summed E-state index contributed by atoms with van der Waals surface area (Å²) in [5.74, 6) is -0.815. The van der Waals surface area contributed by atoms with Gasteiger partial charge in [-0.2, -0.15) is 0 Å². The molecule has 0 unspecified atom stereocenters. The number of carbonyl (C=O) groups excluding carboxylic acids is 1. The number of carbonyl (C=O) groups is 2. The minimum Gasteiger partial charge on any atom is -0.481 e. The van der Waals surface area contributed by atoms with Crippen molar-refractivity contribution in [1.82, 2.24) is 5.32 Å². The maximum Gasteiger partial charge on any atom is 0.319 e. The normalized spacial score (nSPS) is 16.6. The number of carboxylic acid groups (broad SMARTS) is 1. The van der Waals surface area contributed by atoms with Crippen molar-refractivity contribution < 1.29 is 14.7 Å². The Hall–Kier alpha value is -1.31. The maximum absolute atomic E-state index is 11.8. The molecule has 0 radical (unpaired) electrons. The van der Waals surface area contributed by atoms with Crippen LogP contribution in [0.5, 0.6) is 0 Å². The summed E-state index contributed by atoms with van der Waals surface area (Å²) in [4.78, 5) is 23.2. The molecule has 108 valence electrons. The Morgan fingerprint density at radius 2 is 1.80 bits per heavy atom. The lowest BCUT2D eigenvalue weighted by Crippen LogP contribution is -2.42. The lowest BCUT2D eigenvalue weighted by Gasteiger charge is -2.24. The predicted molar refractivity (Wildman–Crippen MR) is 84.7 cm³/mol. The molecular weight excluding hydrogens is 371 g/mol. The zero-order valence-corrected chi connectivity index (χ0v) is 13.1. The molecule has 2 rings (SSSR count). The van der Waals surface area contributed by atoms with Crippen molar-refractivity contribution in [1.29, 1.82) is 0 Å². The summed E-state index contributed by atoms with van der Waals surface area (Å²) in [6.45, 7) is 0.179. The van der Waals surface area contributed by atoms with Crippen LogP contribution < -0.4 is 10.6 Å². The molecule has 2 amide bonds. The number of halogens is 1. The average Bonchev–Trinajstić information content (AvgIpc) is 2.89. The van der Waals surface area contributed by atoms with Crippen LogP contribution in [0.4, 0.5) is 10.5 Å². The Labute approximate surface area is 131 Å². The fraction of sp³-hybridized carbons (Fsp3) is 0.429. The second-order valence-electron chi connectivity index (χ2n) is 5.11. The van der Waals surface area contributed by atoms with Gasteiger partial charge in [0.25, 0.3) is 0 Å². The van der Waals surface area contributed by atoms with Crippen molar-refractivity contribution in [3.8, 4) is 0 Å². The van der Waals surface area contributed by atoms with E-state index < -0.39 is 11.4 Å². The molecule has 5 nitrogen and oxygen atoms in total.